The Morgan fingerprint density at radius 2 is 1.78 bits per heavy atom. The minimum Gasteiger partial charge on any atom is -0.382 e. The topological polar surface area (TPSA) is 42.0 Å². The fourth-order valence-electron chi connectivity index (χ4n) is 3.92. The number of carbonyl (C=O) groups excluding carboxylic acids is 1. The zero-order valence-corrected chi connectivity index (χ0v) is 15.0. The number of rotatable bonds is 9. The van der Waals surface area contributed by atoms with Crippen LogP contribution in [0.1, 0.15) is 39.0 Å². The number of likely N-dealkylation sites (tertiary alicyclic amines) is 2. The Balaban J connectivity index is 1.63. The predicted octanol–water partition coefficient (Wildman–Crippen LogP) is 2.01. The van der Waals surface area contributed by atoms with Crippen LogP contribution in [0.3, 0.4) is 0 Å². The van der Waals surface area contributed by atoms with Gasteiger partial charge in [-0.1, -0.05) is 6.92 Å². The highest BCUT2D eigenvalue weighted by Crippen LogP contribution is 2.32. The van der Waals surface area contributed by atoms with Crippen LogP contribution in [0.4, 0.5) is 0 Å². The molecule has 0 spiro atoms. The molecule has 1 atom stereocenters. The van der Waals surface area contributed by atoms with Gasteiger partial charge in [-0.15, -0.1) is 0 Å². The molecule has 2 saturated heterocycles. The molecule has 0 N–H and O–H groups in total. The van der Waals surface area contributed by atoms with Gasteiger partial charge in [-0.3, -0.25) is 4.79 Å². The molecule has 23 heavy (non-hydrogen) atoms. The predicted molar refractivity (Wildman–Crippen MR) is 91.5 cm³/mol. The fraction of sp³-hybridized carbons (Fsp3) is 0.944. The Bertz CT molecular complexity index is 343. The standard InChI is InChI=1S/C18H34N2O3/c1-3-8-19-9-4-16(5-10-19)17-6-11-20(15-17)18(21)7-12-23-14-13-22-2/h16-17H,3-15H2,1-2H3. The third-order valence-corrected chi connectivity index (χ3v) is 5.31. The average molecular weight is 326 g/mol. The largest absolute Gasteiger partial charge is 0.382 e. The minimum absolute atomic E-state index is 0.258. The van der Waals surface area contributed by atoms with E-state index in [1.807, 2.05) is 0 Å². The average Bonchev–Trinajstić information content (AvgIpc) is 3.05. The maximum absolute atomic E-state index is 12.3. The molecule has 0 aromatic rings. The third kappa shape index (κ3) is 6.05. The molecule has 2 aliphatic rings. The molecule has 0 aromatic heterocycles. The molecular formula is C18H34N2O3. The second-order valence-electron chi connectivity index (χ2n) is 6.92. The summed E-state index contributed by atoms with van der Waals surface area (Å²) in [5.41, 5.74) is 0. The minimum atomic E-state index is 0.258. The second kappa shape index (κ2) is 10.3. The lowest BCUT2D eigenvalue weighted by atomic mass is 9.84. The van der Waals surface area contributed by atoms with E-state index in [2.05, 4.69) is 16.7 Å². The summed E-state index contributed by atoms with van der Waals surface area (Å²) >= 11 is 0. The van der Waals surface area contributed by atoms with Gasteiger partial charge < -0.3 is 19.3 Å². The number of amides is 1. The van der Waals surface area contributed by atoms with Gasteiger partial charge in [0.15, 0.2) is 0 Å². The van der Waals surface area contributed by atoms with E-state index < -0.39 is 0 Å². The highest BCUT2D eigenvalue weighted by molar-refractivity contribution is 5.76. The monoisotopic (exact) mass is 326 g/mol. The Morgan fingerprint density at radius 3 is 2.48 bits per heavy atom. The fourth-order valence-corrected chi connectivity index (χ4v) is 3.92. The summed E-state index contributed by atoms with van der Waals surface area (Å²) < 4.78 is 10.3. The van der Waals surface area contributed by atoms with Gasteiger partial charge >= 0.3 is 0 Å². The summed E-state index contributed by atoms with van der Waals surface area (Å²) in [5.74, 6) is 1.80. The van der Waals surface area contributed by atoms with Crippen LogP contribution in [-0.2, 0) is 14.3 Å². The van der Waals surface area contributed by atoms with Crippen LogP contribution in [0.5, 0.6) is 0 Å². The van der Waals surface area contributed by atoms with Crippen molar-refractivity contribution in [2.45, 2.75) is 39.0 Å². The highest BCUT2D eigenvalue weighted by atomic mass is 16.5. The van der Waals surface area contributed by atoms with Gasteiger partial charge in [0.05, 0.1) is 26.2 Å². The molecule has 0 saturated carbocycles. The second-order valence-corrected chi connectivity index (χ2v) is 6.92. The highest BCUT2D eigenvalue weighted by Gasteiger charge is 2.33. The Hall–Kier alpha value is -0.650. The molecule has 2 aliphatic heterocycles. The van der Waals surface area contributed by atoms with Crippen molar-refractivity contribution in [3.05, 3.63) is 0 Å². The molecule has 134 valence electrons. The molecular weight excluding hydrogens is 292 g/mol. The first-order valence-electron chi connectivity index (χ1n) is 9.31. The Morgan fingerprint density at radius 1 is 1.04 bits per heavy atom. The first-order valence-corrected chi connectivity index (χ1v) is 9.31. The van der Waals surface area contributed by atoms with Gasteiger partial charge in [0, 0.05) is 20.2 Å². The van der Waals surface area contributed by atoms with Crippen LogP contribution in [0.25, 0.3) is 0 Å². The molecule has 1 amide bonds. The molecule has 5 nitrogen and oxygen atoms in total. The first-order chi connectivity index (χ1) is 11.2. The van der Waals surface area contributed by atoms with E-state index in [4.69, 9.17) is 9.47 Å². The number of hydrogen-bond acceptors (Lipinski definition) is 4. The number of carbonyl (C=O) groups is 1. The summed E-state index contributed by atoms with van der Waals surface area (Å²) in [4.78, 5) is 16.9. The maximum atomic E-state index is 12.3. The smallest absolute Gasteiger partial charge is 0.224 e. The summed E-state index contributed by atoms with van der Waals surface area (Å²) in [6, 6.07) is 0. The van der Waals surface area contributed by atoms with Crippen molar-refractivity contribution in [1.82, 2.24) is 9.80 Å². The lowest BCUT2D eigenvalue weighted by molar-refractivity contribution is -0.131. The maximum Gasteiger partial charge on any atom is 0.224 e. The Labute approximate surface area is 141 Å². The van der Waals surface area contributed by atoms with Crippen molar-refractivity contribution in [3.63, 3.8) is 0 Å². The molecule has 2 heterocycles. The first kappa shape index (κ1) is 18.7. The van der Waals surface area contributed by atoms with E-state index in [1.54, 1.807) is 7.11 Å². The molecule has 2 rings (SSSR count). The lowest BCUT2D eigenvalue weighted by Gasteiger charge is -2.34. The Kier molecular flexibility index (Phi) is 8.34. The van der Waals surface area contributed by atoms with E-state index in [9.17, 15) is 4.79 Å². The van der Waals surface area contributed by atoms with Crippen LogP contribution in [-0.4, -0.2) is 75.4 Å². The molecule has 0 radical (unpaired) electrons. The van der Waals surface area contributed by atoms with Gasteiger partial charge in [0.1, 0.15) is 0 Å². The van der Waals surface area contributed by atoms with E-state index in [0.29, 0.717) is 26.2 Å². The molecule has 0 bridgehead atoms. The van der Waals surface area contributed by atoms with Crippen LogP contribution < -0.4 is 0 Å². The van der Waals surface area contributed by atoms with E-state index >= 15 is 0 Å². The van der Waals surface area contributed by atoms with Crippen LogP contribution in [0.15, 0.2) is 0 Å². The van der Waals surface area contributed by atoms with Crippen molar-refractivity contribution in [1.29, 1.82) is 0 Å². The van der Waals surface area contributed by atoms with Gasteiger partial charge in [0.25, 0.3) is 0 Å². The molecule has 0 aliphatic carbocycles. The van der Waals surface area contributed by atoms with Crippen LogP contribution in [0, 0.1) is 11.8 Å². The van der Waals surface area contributed by atoms with Gasteiger partial charge in [0.2, 0.25) is 5.91 Å². The van der Waals surface area contributed by atoms with E-state index in [0.717, 1.165) is 24.9 Å². The van der Waals surface area contributed by atoms with Crippen molar-refractivity contribution in [2.75, 3.05) is 59.7 Å². The zero-order chi connectivity index (χ0) is 16.5. The van der Waals surface area contributed by atoms with Gasteiger partial charge in [-0.05, 0) is 57.2 Å². The normalized spacial score (nSPS) is 23.6. The zero-order valence-electron chi connectivity index (χ0n) is 15.0. The number of hydrogen-bond donors (Lipinski definition) is 0. The number of methoxy groups -OCH3 is 1. The van der Waals surface area contributed by atoms with Crippen molar-refractivity contribution in [3.8, 4) is 0 Å². The summed E-state index contributed by atoms with van der Waals surface area (Å²) in [5, 5.41) is 0. The summed E-state index contributed by atoms with van der Waals surface area (Å²) in [7, 11) is 1.66. The van der Waals surface area contributed by atoms with Crippen molar-refractivity contribution >= 4 is 5.91 Å². The van der Waals surface area contributed by atoms with E-state index in [-0.39, 0.29) is 5.91 Å². The lowest BCUT2D eigenvalue weighted by Crippen LogP contribution is -2.37. The van der Waals surface area contributed by atoms with Gasteiger partial charge in [-0.25, -0.2) is 0 Å². The molecule has 0 aromatic carbocycles. The SMILES string of the molecule is CCCN1CCC(C2CCN(C(=O)CCOCCOC)C2)CC1. The molecule has 2 fully saturated rings. The third-order valence-electron chi connectivity index (χ3n) is 5.31. The van der Waals surface area contributed by atoms with Crippen LogP contribution in [0.2, 0.25) is 0 Å². The quantitative estimate of drug-likeness (QED) is 0.608. The number of piperidine rings is 1. The van der Waals surface area contributed by atoms with E-state index in [1.165, 1.54) is 45.3 Å². The number of ether oxygens (including phenoxy) is 2. The summed E-state index contributed by atoms with van der Waals surface area (Å²) in [6.07, 6.45) is 5.57. The van der Waals surface area contributed by atoms with Crippen molar-refractivity contribution < 1.29 is 14.3 Å². The molecule has 5 heteroatoms. The van der Waals surface area contributed by atoms with Crippen LogP contribution >= 0.6 is 0 Å². The van der Waals surface area contributed by atoms with Gasteiger partial charge in [-0.2, -0.15) is 0 Å². The molecule has 1 unspecified atom stereocenters. The summed E-state index contributed by atoms with van der Waals surface area (Å²) in [6.45, 7) is 9.58. The van der Waals surface area contributed by atoms with Crippen molar-refractivity contribution in [2.24, 2.45) is 11.8 Å². The number of nitrogens with zero attached hydrogens (tertiary/aromatic N) is 2.